The summed E-state index contributed by atoms with van der Waals surface area (Å²) in [6, 6.07) is 9.02. The molecule has 0 radical (unpaired) electrons. The van der Waals surface area contributed by atoms with E-state index in [0.717, 1.165) is 10.5 Å². The monoisotopic (exact) mass is 542 g/mol. The van der Waals surface area contributed by atoms with Gasteiger partial charge in [0.1, 0.15) is 6.61 Å². The first kappa shape index (κ1) is 31.5. The molecule has 0 aliphatic carbocycles. The fourth-order valence-corrected chi connectivity index (χ4v) is 2.87. The van der Waals surface area contributed by atoms with Gasteiger partial charge in [-0.2, -0.15) is 26.3 Å². The zero-order chi connectivity index (χ0) is 27.9. The highest BCUT2D eigenvalue weighted by atomic mass is 19.4. The highest BCUT2D eigenvalue weighted by Gasteiger charge is 2.39. The van der Waals surface area contributed by atoms with Crippen molar-refractivity contribution in [1.82, 2.24) is 20.9 Å². The van der Waals surface area contributed by atoms with Gasteiger partial charge in [0.2, 0.25) is 5.91 Å². The number of nitrogens with one attached hydrogen (secondary N) is 3. The average Bonchev–Trinajstić information content (AvgIpc) is 2.82. The summed E-state index contributed by atoms with van der Waals surface area (Å²) in [5, 5.41) is 5.68. The molecule has 0 saturated carbocycles. The van der Waals surface area contributed by atoms with Gasteiger partial charge in [-0.3, -0.25) is 14.4 Å². The van der Waals surface area contributed by atoms with Crippen LogP contribution < -0.4 is 16.0 Å². The molecule has 0 bridgehead atoms. The summed E-state index contributed by atoms with van der Waals surface area (Å²) >= 11 is 0. The second-order valence-corrected chi connectivity index (χ2v) is 7.69. The van der Waals surface area contributed by atoms with Gasteiger partial charge in [0.25, 0.3) is 0 Å². The van der Waals surface area contributed by atoms with Crippen molar-refractivity contribution in [2.45, 2.75) is 44.6 Å². The number of hydrogen-bond acceptors (Lipinski definition) is 5. The molecule has 1 aromatic rings. The molecule has 3 N–H and O–H groups in total. The number of halogens is 6. The van der Waals surface area contributed by atoms with Crippen molar-refractivity contribution < 1.29 is 50.3 Å². The van der Waals surface area contributed by atoms with E-state index < -0.39 is 62.3 Å². The first-order chi connectivity index (χ1) is 17.3. The summed E-state index contributed by atoms with van der Waals surface area (Å²) < 4.78 is 78.8. The Bertz CT molecular complexity index is 849. The van der Waals surface area contributed by atoms with Crippen molar-refractivity contribution in [3.63, 3.8) is 0 Å². The van der Waals surface area contributed by atoms with Gasteiger partial charge >= 0.3 is 30.3 Å². The van der Waals surface area contributed by atoms with Crippen LogP contribution in [-0.4, -0.2) is 73.8 Å². The molecule has 0 fully saturated rings. The minimum Gasteiger partial charge on any atom is -0.445 e. The number of hydrogen-bond donors (Lipinski definition) is 3. The summed E-state index contributed by atoms with van der Waals surface area (Å²) in [7, 11) is 0. The van der Waals surface area contributed by atoms with Gasteiger partial charge in [-0.05, 0) is 18.4 Å². The molecule has 9 nitrogen and oxygen atoms in total. The Labute approximate surface area is 208 Å². The normalized spacial score (nSPS) is 11.4. The van der Waals surface area contributed by atoms with Crippen molar-refractivity contribution >= 4 is 23.8 Å². The van der Waals surface area contributed by atoms with Crippen LogP contribution in [0.15, 0.2) is 30.3 Å². The Morgan fingerprint density at radius 3 is 1.78 bits per heavy atom. The van der Waals surface area contributed by atoms with Crippen LogP contribution in [0.3, 0.4) is 0 Å². The molecule has 0 aliphatic heterocycles. The van der Waals surface area contributed by atoms with E-state index in [1.807, 2.05) is 6.07 Å². The van der Waals surface area contributed by atoms with E-state index >= 15 is 0 Å². The minimum atomic E-state index is -5.13. The smallest absolute Gasteiger partial charge is 0.445 e. The molecule has 0 spiro atoms. The van der Waals surface area contributed by atoms with E-state index in [2.05, 4.69) is 5.32 Å². The Morgan fingerprint density at radius 1 is 0.730 bits per heavy atom. The number of benzene rings is 1. The maximum atomic E-state index is 12.4. The van der Waals surface area contributed by atoms with E-state index in [1.54, 1.807) is 34.9 Å². The lowest BCUT2D eigenvalue weighted by molar-refractivity contribution is -0.173. The molecule has 15 heteroatoms. The van der Waals surface area contributed by atoms with Crippen molar-refractivity contribution in [2.75, 3.05) is 32.7 Å². The molecule has 1 rings (SSSR count). The zero-order valence-corrected chi connectivity index (χ0v) is 19.7. The molecular formula is C22H28F6N4O5. The third kappa shape index (κ3) is 14.0. The fourth-order valence-electron chi connectivity index (χ4n) is 2.87. The zero-order valence-electron chi connectivity index (χ0n) is 19.7. The minimum absolute atomic E-state index is 0.0844. The maximum absolute atomic E-state index is 12.4. The number of amides is 4. The van der Waals surface area contributed by atoms with Gasteiger partial charge in [0.15, 0.2) is 0 Å². The topological polar surface area (TPSA) is 117 Å². The van der Waals surface area contributed by atoms with E-state index in [4.69, 9.17) is 4.74 Å². The van der Waals surface area contributed by atoms with Gasteiger partial charge in [-0.25, -0.2) is 4.79 Å². The summed E-state index contributed by atoms with van der Waals surface area (Å²) in [4.78, 5) is 46.8. The predicted octanol–water partition coefficient (Wildman–Crippen LogP) is 2.66. The second kappa shape index (κ2) is 15.6. The molecule has 208 valence electrons. The molecule has 0 saturated heterocycles. The number of carbonyl (C=O) groups excluding carboxylic acids is 4. The lowest BCUT2D eigenvalue weighted by Crippen LogP contribution is -2.46. The first-order valence-electron chi connectivity index (χ1n) is 11.2. The molecule has 0 aliphatic rings. The summed E-state index contributed by atoms with van der Waals surface area (Å²) in [5.41, 5.74) is 0.816. The Balaban J connectivity index is 2.37. The van der Waals surface area contributed by atoms with Crippen molar-refractivity contribution in [3.05, 3.63) is 35.9 Å². The third-order valence-electron chi connectivity index (χ3n) is 4.75. The lowest BCUT2D eigenvalue weighted by atomic mass is 10.1. The van der Waals surface area contributed by atoms with Crippen LogP contribution in [-0.2, 0) is 25.7 Å². The summed E-state index contributed by atoms with van der Waals surface area (Å²) in [6.07, 6.45) is -9.67. The van der Waals surface area contributed by atoms with Crippen molar-refractivity contribution in [2.24, 2.45) is 0 Å². The number of ether oxygens (including phenoxy) is 1. The fraction of sp³-hybridized carbons (Fsp3) is 0.545. The first-order valence-corrected chi connectivity index (χ1v) is 11.2. The molecule has 0 unspecified atom stereocenters. The van der Waals surface area contributed by atoms with Crippen LogP contribution in [0.5, 0.6) is 0 Å². The second-order valence-electron chi connectivity index (χ2n) is 7.69. The van der Waals surface area contributed by atoms with Gasteiger partial charge in [0, 0.05) is 39.1 Å². The van der Waals surface area contributed by atoms with Crippen LogP contribution in [0.25, 0.3) is 0 Å². The number of alkyl carbamates (subject to hydrolysis) is 1. The Morgan fingerprint density at radius 2 is 1.27 bits per heavy atom. The lowest BCUT2D eigenvalue weighted by Gasteiger charge is -2.23. The highest BCUT2D eigenvalue weighted by molar-refractivity contribution is 5.82. The third-order valence-corrected chi connectivity index (χ3v) is 4.75. The SMILES string of the molecule is O=C(NCCCCCC(=O)N(CCNC(=O)C(F)(F)F)CCNC(=O)C(F)(F)F)OCc1ccccc1. The number of unbranched alkanes of at least 4 members (excludes halogenated alkanes) is 2. The number of carbonyl (C=O) groups is 4. The molecule has 4 amide bonds. The van der Waals surface area contributed by atoms with E-state index in [-0.39, 0.29) is 19.6 Å². The number of nitrogens with zero attached hydrogens (tertiary/aromatic N) is 1. The predicted molar refractivity (Wildman–Crippen MR) is 118 cm³/mol. The molecular weight excluding hydrogens is 514 g/mol. The number of rotatable bonds is 14. The molecule has 0 atom stereocenters. The van der Waals surface area contributed by atoms with E-state index in [1.165, 1.54) is 0 Å². The Hall–Kier alpha value is -3.52. The van der Waals surface area contributed by atoms with Crippen LogP contribution in [0, 0.1) is 0 Å². The van der Waals surface area contributed by atoms with Gasteiger partial charge < -0.3 is 25.6 Å². The van der Waals surface area contributed by atoms with Crippen molar-refractivity contribution in [3.8, 4) is 0 Å². The molecule has 0 aromatic heterocycles. The van der Waals surface area contributed by atoms with Gasteiger partial charge in [0.05, 0.1) is 0 Å². The largest absolute Gasteiger partial charge is 0.471 e. The van der Waals surface area contributed by atoms with Crippen LogP contribution in [0.2, 0.25) is 0 Å². The average molecular weight is 542 g/mol. The summed E-state index contributed by atoms with van der Waals surface area (Å²) in [5.74, 6) is -5.03. The molecule has 0 heterocycles. The number of alkyl halides is 6. The quantitative estimate of drug-likeness (QED) is 0.247. The highest BCUT2D eigenvalue weighted by Crippen LogP contribution is 2.14. The standard InChI is InChI=1S/C22H28F6N4O5/c23-21(24,25)18(34)29-11-13-32(14-12-30-19(35)22(26,27)28)17(33)9-5-2-6-10-31-20(36)37-15-16-7-3-1-4-8-16/h1,3-4,7-8H,2,5-6,9-15H2,(H,29,34)(H,30,35)(H,31,36). The Kier molecular flexibility index (Phi) is 13.3. The molecule has 37 heavy (non-hydrogen) atoms. The summed E-state index contributed by atoms with van der Waals surface area (Å²) in [6.45, 7) is -1.63. The van der Waals surface area contributed by atoms with Gasteiger partial charge in [-0.1, -0.05) is 36.8 Å². The van der Waals surface area contributed by atoms with Crippen molar-refractivity contribution in [1.29, 1.82) is 0 Å². The van der Waals surface area contributed by atoms with E-state index in [9.17, 15) is 45.5 Å². The molecule has 1 aromatic carbocycles. The van der Waals surface area contributed by atoms with Crippen LogP contribution >= 0.6 is 0 Å². The van der Waals surface area contributed by atoms with Gasteiger partial charge in [-0.15, -0.1) is 0 Å². The van der Waals surface area contributed by atoms with Crippen LogP contribution in [0.4, 0.5) is 31.1 Å². The van der Waals surface area contributed by atoms with Crippen LogP contribution in [0.1, 0.15) is 31.2 Å². The maximum Gasteiger partial charge on any atom is 0.471 e. The van der Waals surface area contributed by atoms with E-state index in [0.29, 0.717) is 19.3 Å².